The van der Waals surface area contributed by atoms with Crippen molar-refractivity contribution < 1.29 is 13.9 Å². The lowest BCUT2D eigenvalue weighted by molar-refractivity contribution is 0.0277. The number of esters is 1. The Kier molecular flexibility index (Phi) is 3.85. The summed E-state index contributed by atoms with van der Waals surface area (Å²) >= 11 is 5.90. The maximum absolute atomic E-state index is 12.0. The van der Waals surface area contributed by atoms with Gasteiger partial charge in [0.2, 0.25) is 5.89 Å². The Balaban J connectivity index is 2.12. The minimum absolute atomic E-state index is 0.268. The molecule has 1 atom stereocenters. The fourth-order valence-corrected chi connectivity index (χ4v) is 1.90. The Morgan fingerprint density at radius 1 is 1.32 bits per heavy atom. The summed E-state index contributed by atoms with van der Waals surface area (Å²) in [4.78, 5) is 12.0. The highest BCUT2D eigenvalue weighted by molar-refractivity contribution is 6.31. The maximum atomic E-state index is 12.0. The highest BCUT2D eigenvalue weighted by Crippen LogP contribution is 2.20. The van der Waals surface area contributed by atoms with Crippen LogP contribution >= 0.6 is 11.6 Å². The molecular formula is C13H13ClN2O3. The predicted molar refractivity (Wildman–Crippen MR) is 69.1 cm³/mol. The quantitative estimate of drug-likeness (QED) is 0.808. The van der Waals surface area contributed by atoms with Gasteiger partial charge in [-0.1, -0.05) is 11.6 Å². The highest BCUT2D eigenvalue weighted by Gasteiger charge is 2.18. The van der Waals surface area contributed by atoms with Crippen molar-refractivity contribution in [3.05, 3.63) is 46.1 Å². The SMILES string of the molecule is Cc1cc(Cl)cc(C(=O)O[C@@H](C)c2nnc(C)o2)c1. The summed E-state index contributed by atoms with van der Waals surface area (Å²) < 4.78 is 10.5. The van der Waals surface area contributed by atoms with Crippen molar-refractivity contribution in [3.8, 4) is 0 Å². The fraction of sp³-hybridized carbons (Fsp3) is 0.308. The van der Waals surface area contributed by atoms with Gasteiger partial charge in [0.25, 0.3) is 5.89 Å². The summed E-state index contributed by atoms with van der Waals surface area (Å²) in [6.45, 7) is 5.20. The van der Waals surface area contributed by atoms with Crippen molar-refractivity contribution in [1.29, 1.82) is 0 Å². The number of aromatic nitrogens is 2. The van der Waals surface area contributed by atoms with Gasteiger partial charge >= 0.3 is 5.97 Å². The van der Waals surface area contributed by atoms with Crippen LogP contribution < -0.4 is 0 Å². The van der Waals surface area contributed by atoms with Crippen LogP contribution in [0.15, 0.2) is 22.6 Å². The molecule has 6 heteroatoms. The molecule has 0 amide bonds. The number of nitrogens with zero attached hydrogens (tertiary/aromatic N) is 2. The van der Waals surface area contributed by atoms with Crippen molar-refractivity contribution in [3.63, 3.8) is 0 Å². The lowest BCUT2D eigenvalue weighted by atomic mass is 10.1. The fourth-order valence-electron chi connectivity index (χ4n) is 1.61. The minimum atomic E-state index is -0.604. The number of halogens is 1. The smallest absolute Gasteiger partial charge is 0.338 e. The monoisotopic (exact) mass is 280 g/mol. The van der Waals surface area contributed by atoms with E-state index in [1.807, 2.05) is 6.92 Å². The van der Waals surface area contributed by atoms with Gasteiger partial charge in [0.15, 0.2) is 6.10 Å². The van der Waals surface area contributed by atoms with Crippen LogP contribution in [0.1, 0.15) is 40.7 Å². The van der Waals surface area contributed by atoms with Crippen LogP contribution in [0.4, 0.5) is 0 Å². The summed E-state index contributed by atoms with van der Waals surface area (Å²) in [7, 11) is 0. The molecule has 0 spiro atoms. The average Bonchev–Trinajstić information content (AvgIpc) is 2.74. The van der Waals surface area contributed by atoms with E-state index in [0.29, 0.717) is 16.5 Å². The molecule has 1 aromatic carbocycles. The van der Waals surface area contributed by atoms with Crippen LogP contribution in [0.25, 0.3) is 0 Å². The Labute approximate surface area is 115 Å². The molecule has 5 nitrogen and oxygen atoms in total. The van der Waals surface area contributed by atoms with Gasteiger partial charge in [-0.3, -0.25) is 0 Å². The van der Waals surface area contributed by atoms with Crippen molar-refractivity contribution in [2.75, 3.05) is 0 Å². The van der Waals surface area contributed by atoms with Gasteiger partial charge in [-0.25, -0.2) is 4.79 Å². The van der Waals surface area contributed by atoms with E-state index < -0.39 is 12.1 Å². The molecule has 1 heterocycles. The van der Waals surface area contributed by atoms with Gasteiger partial charge in [-0.15, -0.1) is 10.2 Å². The molecule has 0 unspecified atom stereocenters. The summed E-state index contributed by atoms with van der Waals surface area (Å²) in [5, 5.41) is 7.99. The second-order valence-electron chi connectivity index (χ2n) is 4.22. The van der Waals surface area contributed by atoms with Gasteiger partial charge in [-0.05, 0) is 37.6 Å². The predicted octanol–water partition coefficient (Wildman–Crippen LogP) is 3.26. The summed E-state index contributed by atoms with van der Waals surface area (Å²) in [6, 6.07) is 5.03. The molecule has 0 fully saturated rings. The molecule has 100 valence electrons. The lowest BCUT2D eigenvalue weighted by Gasteiger charge is -2.10. The maximum Gasteiger partial charge on any atom is 0.338 e. The third kappa shape index (κ3) is 3.32. The van der Waals surface area contributed by atoms with Gasteiger partial charge in [0.05, 0.1) is 5.56 Å². The second-order valence-corrected chi connectivity index (χ2v) is 4.66. The number of aryl methyl sites for hydroxylation is 2. The largest absolute Gasteiger partial charge is 0.449 e. The van der Waals surface area contributed by atoms with E-state index in [9.17, 15) is 4.79 Å². The zero-order valence-corrected chi connectivity index (χ0v) is 11.6. The second kappa shape index (κ2) is 5.40. The molecule has 0 radical (unpaired) electrons. The first-order valence-corrected chi connectivity index (χ1v) is 6.11. The van der Waals surface area contributed by atoms with E-state index in [0.717, 1.165) is 5.56 Å². The van der Waals surface area contributed by atoms with Crippen molar-refractivity contribution >= 4 is 17.6 Å². The Bertz CT molecular complexity index is 589. The number of hydrogen-bond acceptors (Lipinski definition) is 5. The summed E-state index contributed by atoms with van der Waals surface area (Å²) in [5.41, 5.74) is 1.29. The summed E-state index contributed by atoms with van der Waals surface area (Å²) in [5.74, 6) is 0.218. The first-order chi connectivity index (χ1) is 8.95. The zero-order chi connectivity index (χ0) is 14.0. The van der Waals surface area contributed by atoms with E-state index >= 15 is 0 Å². The molecule has 0 aliphatic carbocycles. The van der Waals surface area contributed by atoms with E-state index in [2.05, 4.69) is 10.2 Å². The highest BCUT2D eigenvalue weighted by atomic mass is 35.5. The van der Waals surface area contributed by atoms with Crippen LogP contribution in [0.2, 0.25) is 5.02 Å². The molecule has 0 N–H and O–H groups in total. The van der Waals surface area contributed by atoms with Gasteiger partial charge in [0.1, 0.15) is 0 Å². The van der Waals surface area contributed by atoms with Crippen molar-refractivity contribution in [1.82, 2.24) is 10.2 Å². The van der Waals surface area contributed by atoms with Gasteiger partial charge in [-0.2, -0.15) is 0 Å². The van der Waals surface area contributed by atoms with Crippen LogP contribution in [0, 0.1) is 13.8 Å². The van der Waals surface area contributed by atoms with Crippen molar-refractivity contribution in [2.45, 2.75) is 26.9 Å². The minimum Gasteiger partial charge on any atom is -0.449 e. The van der Waals surface area contributed by atoms with Crippen LogP contribution in [-0.4, -0.2) is 16.2 Å². The number of ether oxygens (including phenoxy) is 1. The third-order valence-corrected chi connectivity index (χ3v) is 2.67. The molecule has 0 bridgehead atoms. The normalized spacial score (nSPS) is 12.2. The zero-order valence-electron chi connectivity index (χ0n) is 10.8. The first kappa shape index (κ1) is 13.5. The van der Waals surface area contributed by atoms with E-state index in [1.54, 1.807) is 32.0 Å². The van der Waals surface area contributed by atoms with Crippen LogP contribution in [0.5, 0.6) is 0 Å². The van der Waals surface area contributed by atoms with E-state index in [4.69, 9.17) is 20.8 Å². The molecule has 2 rings (SSSR count). The third-order valence-electron chi connectivity index (χ3n) is 2.45. The van der Waals surface area contributed by atoms with Gasteiger partial charge in [0, 0.05) is 11.9 Å². The Morgan fingerprint density at radius 3 is 2.63 bits per heavy atom. The number of hydrogen-bond donors (Lipinski definition) is 0. The Hall–Kier alpha value is -1.88. The van der Waals surface area contributed by atoms with E-state index in [1.165, 1.54) is 0 Å². The summed E-state index contributed by atoms with van der Waals surface area (Å²) in [6.07, 6.45) is -0.604. The molecule has 0 saturated carbocycles. The number of rotatable bonds is 3. The van der Waals surface area contributed by atoms with Crippen LogP contribution in [-0.2, 0) is 4.74 Å². The standard InChI is InChI=1S/C13H13ClN2O3/c1-7-4-10(6-11(14)5-7)13(17)18-8(2)12-16-15-9(3)19-12/h4-6,8H,1-3H3/t8-/m0/s1. The molecule has 1 aromatic heterocycles. The molecule has 0 aliphatic rings. The Morgan fingerprint density at radius 2 is 2.05 bits per heavy atom. The topological polar surface area (TPSA) is 65.2 Å². The first-order valence-electron chi connectivity index (χ1n) is 5.74. The average molecular weight is 281 g/mol. The molecule has 19 heavy (non-hydrogen) atoms. The molecule has 0 saturated heterocycles. The lowest BCUT2D eigenvalue weighted by Crippen LogP contribution is -2.09. The molecule has 0 aliphatic heterocycles. The molecule has 2 aromatic rings. The number of carbonyl (C=O) groups is 1. The molecular weight excluding hydrogens is 268 g/mol. The van der Waals surface area contributed by atoms with E-state index in [-0.39, 0.29) is 5.89 Å². The number of carbonyl (C=O) groups excluding carboxylic acids is 1. The van der Waals surface area contributed by atoms with Crippen LogP contribution in [0.3, 0.4) is 0 Å². The number of benzene rings is 1. The van der Waals surface area contributed by atoms with Crippen molar-refractivity contribution in [2.24, 2.45) is 0 Å². The van der Waals surface area contributed by atoms with Gasteiger partial charge < -0.3 is 9.15 Å².